The second-order valence-corrected chi connectivity index (χ2v) is 5.87. The molecule has 1 amide bonds. The number of rotatable bonds is 5. The summed E-state index contributed by atoms with van der Waals surface area (Å²) in [7, 11) is 0. The summed E-state index contributed by atoms with van der Waals surface area (Å²) in [5, 5.41) is 4.84. The minimum Gasteiger partial charge on any atom is -0.435 e. The normalized spacial score (nSPS) is 11.7. The summed E-state index contributed by atoms with van der Waals surface area (Å²) in [6.45, 7) is 0.656. The fourth-order valence-electron chi connectivity index (χ4n) is 2.63. The number of halogens is 2. The quantitative estimate of drug-likeness (QED) is 0.539. The Morgan fingerprint density at radius 2 is 1.85 bits per heavy atom. The highest BCUT2D eigenvalue weighted by atomic mass is 19.3. The van der Waals surface area contributed by atoms with Gasteiger partial charge in [0.05, 0.1) is 16.8 Å². The number of carbonyl (C=O) groups excluding carboxylic acids is 1. The molecule has 27 heavy (non-hydrogen) atoms. The average Bonchev–Trinajstić information content (AvgIpc) is 2.65. The van der Waals surface area contributed by atoms with Crippen molar-refractivity contribution < 1.29 is 18.3 Å². The molecule has 0 aliphatic heterocycles. The Bertz CT molecular complexity index is 1000. The summed E-state index contributed by atoms with van der Waals surface area (Å²) in [4.78, 5) is 17.0. The number of para-hydroxylation sites is 1. The zero-order valence-corrected chi connectivity index (χ0v) is 14.7. The molecule has 0 radical (unpaired) electrons. The Balaban J connectivity index is 1.78. The van der Waals surface area contributed by atoms with Gasteiger partial charge in [0.1, 0.15) is 5.75 Å². The number of aromatic nitrogens is 1. The summed E-state index contributed by atoms with van der Waals surface area (Å²) in [6, 6.07) is 15.1. The molecule has 3 aromatic rings. The zero-order valence-electron chi connectivity index (χ0n) is 14.7. The second kappa shape index (κ2) is 7.90. The molecule has 0 atom stereocenters. The Kier molecular flexibility index (Phi) is 5.40. The van der Waals surface area contributed by atoms with E-state index in [0.29, 0.717) is 16.8 Å². The fraction of sp³-hybridized carbons (Fsp3) is 0.150. The summed E-state index contributed by atoms with van der Waals surface area (Å²) in [6.07, 6.45) is 0. The van der Waals surface area contributed by atoms with Gasteiger partial charge in [0.25, 0.3) is 5.91 Å². The van der Waals surface area contributed by atoms with Crippen LogP contribution in [-0.2, 0) is 0 Å². The summed E-state index contributed by atoms with van der Waals surface area (Å²) >= 11 is 0. The molecular weight excluding hydrogens is 352 g/mol. The molecule has 5 nitrogen and oxygen atoms in total. The van der Waals surface area contributed by atoms with Crippen LogP contribution in [0.1, 0.15) is 28.5 Å². The monoisotopic (exact) mass is 369 g/mol. The van der Waals surface area contributed by atoms with Crippen molar-refractivity contribution in [3.05, 3.63) is 71.4 Å². The third kappa shape index (κ3) is 4.44. The Hall–Kier alpha value is -3.35. The lowest BCUT2D eigenvalue weighted by Gasteiger charge is -2.08. The van der Waals surface area contributed by atoms with Gasteiger partial charge in [-0.25, -0.2) is 5.43 Å². The zero-order chi connectivity index (χ0) is 19.4. The number of nitrogens with one attached hydrogen (secondary N) is 1. The van der Waals surface area contributed by atoms with E-state index in [4.69, 9.17) is 0 Å². The lowest BCUT2D eigenvalue weighted by Crippen LogP contribution is -2.20. The van der Waals surface area contributed by atoms with Gasteiger partial charge < -0.3 is 4.74 Å². The highest BCUT2D eigenvalue weighted by Crippen LogP contribution is 2.18. The molecule has 1 N–H and O–H groups in total. The molecule has 0 fully saturated rings. The van der Waals surface area contributed by atoms with Gasteiger partial charge in [-0.3, -0.25) is 9.78 Å². The van der Waals surface area contributed by atoms with Gasteiger partial charge >= 0.3 is 6.61 Å². The molecule has 0 aliphatic rings. The second-order valence-electron chi connectivity index (χ2n) is 5.87. The molecule has 0 spiro atoms. The van der Waals surface area contributed by atoms with Crippen molar-refractivity contribution in [1.29, 1.82) is 0 Å². The summed E-state index contributed by atoms with van der Waals surface area (Å²) in [5.41, 5.74) is 5.68. The van der Waals surface area contributed by atoms with Crippen LogP contribution in [0.4, 0.5) is 8.78 Å². The standard InChI is InChI=1S/C20H17F2N3O2/c1-12-11-17(16-5-3-4-6-18(16)23-12)19(26)25-24-13(2)14-7-9-15(10-8-14)27-20(21)22/h3-11,20H,1-2H3,(H,25,26)/b24-13+. The summed E-state index contributed by atoms with van der Waals surface area (Å²) in [5.74, 6) is -0.294. The first-order valence-corrected chi connectivity index (χ1v) is 8.20. The van der Waals surface area contributed by atoms with Crippen molar-refractivity contribution in [3.8, 4) is 5.75 Å². The number of fused-ring (bicyclic) bond motifs is 1. The van der Waals surface area contributed by atoms with E-state index in [1.807, 2.05) is 31.2 Å². The number of ether oxygens (including phenoxy) is 1. The van der Waals surface area contributed by atoms with E-state index in [1.54, 1.807) is 25.1 Å². The van der Waals surface area contributed by atoms with Crippen molar-refractivity contribution in [1.82, 2.24) is 10.4 Å². The Morgan fingerprint density at radius 1 is 1.15 bits per heavy atom. The van der Waals surface area contributed by atoms with E-state index in [2.05, 4.69) is 20.2 Å². The van der Waals surface area contributed by atoms with Crippen LogP contribution in [0.25, 0.3) is 10.9 Å². The molecule has 2 aromatic carbocycles. The number of amides is 1. The van der Waals surface area contributed by atoms with Gasteiger partial charge in [-0.05, 0) is 55.8 Å². The number of pyridine rings is 1. The van der Waals surface area contributed by atoms with E-state index in [1.165, 1.54) is 12.1 Å². The predicted molar refractivity (Wildman–Crippen MR) is 99.2 cm³/mol. The molecule has 7 heteroatoms. The van der Waals surface area contributed by atoms with E-state index >= 15 is 0 Å². The van der Waals surface area contributed by atoms with E-state index in [9.17, 15) is 13.6 Å². The molecule has 0 aliphatic carbocycles. The molecule has 0 bridgehead atoms. The number of carbonyl (C=O) groups is 1. The Morgan fingerprint density at radius 3 is 2.56 bits per heavy atom. The molecule has 1 aromatic heterocycles. The van der Waals surface area contributed by atoms with Crippen LogP contribution >= 0.6 is 0 Å². The van der Waals surface area contributed by atoms with Crippen molar-refractivity contribution in [2.24, 2.45) is 5.10 Å². The molecular formula is C20H17F2N3O2. The fourth-order valence-corrected chi connectivity index (χ4v) is 2.63. The van der Waals surface area contributed by atoms with Crippen LogP contribution in [-0.4, -0.2) is 23.2 Å². The number of alkyl halides is 2. The minimum atomic E-state index is -2.87. The first-order chi connectivity index (χ1) is 12.9. The first-order valence-electron chi connectivity index (χ1n) is 8.20. The van der Waals surface area contributed by atoms with Crippen molar-refractivity contribution >= 4 is 22.5 Å². The lowest BCUT2D eigenvalue weighted by molar-refractivity contribution is -0.0498. The maximum atomic E-state index is 12.6. The minimum absolute atomic E-state index is 0.0596. The first kappa shape index (κ1) is 18.4. The lowest BCUT2D eigenvalue weighted by atomic mass is 10.1. The predicted octanol–water partition coefficient (Wildman–Crippen LogP) is 4.30. The molecule has 1 heterocycles. The highest BCUT2D eigenvalue weighted by molar-refractivity contribution is 6.07. The molecule has 0 unspecified atom stereocenters. The van der Waals surface area contributed by atoms with Gasteiger partial charge in [0, 0.05) is 11.1 Å². The van der Waals surface area contributed by atoms with Crippen molar-refractivity contribution in [2.75, 3.05) is 0 Å². The number of aryl methyl sites for hydroxylation is 1. The van der Waals surface area contributed by atoms with Gasteiger partial charge in [0.2, 0.25) is 0 Å². The van der Waals surface area contributed by atoms with Crippen LogP contribution in [0.2, 0.25) is 0 Å². The third-order valence-corrected chi connectivity index (χ3v) is 3.91. The largest absolute Gasteiger partial charge is 0.435 e. The van der Waals surface area contributed by atoms with Crippen LogP contribution in [0.3, 0.4) is 0 Å². The van der Waals surface area contributed by atoms with E-state index in [0.717, 1.165) is 16.6 Å². The number of benzene rings is 2. The number of hydrogen-bond acceptors (Lipinski definition) is 4. The van der Waals surface area contributed by atoms with Gasteiger partial charge in [-0.1, -0.05) is 18.2 Å². The Labute approximate surface area is 154 Å². The van der Waals surface area contributed by atoms with E-state index < -0.39 is 6.61 Å². The van der Waals surface area contributed by atoms with E-state index in [-0.39, 0.29) is 11.7 Å². The highest BCUT2D eigenvalue weighted by Gasteiger charge is 2.11. The maximum absolute atomic E-state index is 12.6. The van der Waals surface area contributed by atoms with Gasteiger partial charge in [0.15, 0.2) is 0 Å². The van der Waals surface area contributed by atoms with Crippen LogP contribution in [0, 0.1) is 6.92 Å². The molecule has 0 saturated carbocycles. The van der Waals surface area contributed by atoms with Crippen molar-refractivity contribution in [3.63, 3.8) is 0 Å². The van der Waals surface area contributed by atoms with Gasteiger partial charge in [-0.15, -0.1) is 0 Å². The molecule has 138 valence electrons. The molecule has 3 rings (SSSR count). The van der Waals surface area contributed by atoms with Crippen molar-refractivity contribution in [2.45, 2.75) is 20.5 Å². The van der Waals surface area contributed by atoms with Crippen LogP contribution in [0.15, 0.2) is 59.7 Å². The van der Waals surface area contributed by atoms with Gasteiger partial charge in [-0.2, -0.15) is 13.9 Å². The summed E-state index contributed by atoms with van der Waals surface area (Å²) < 4.78 is 28.7. The number of hydrazone groups is 1. The van der Waals surface area contributed by atoms with Crippen LogP contribution in [0.5, 0.6) is 5.75 Å². The topological polar surface area (TPSA) is 63.6 Å². The van der Waals surface area contributed by atoms with Crippen LogP contribution < -0.4 is 10.2 Å². The maximum Gasteiger partial charge on any atom is 0.387 e. The third-order valence-electron chi connectivity index (χ3n) is 3.91. The molecule has 0 saturated heterocycles. The number of nitrogens with zero attached hydrogens (tertiary/aromatic N) is 2. The average molecular weight is 369 g/mol. The SMILES string of the molecule is C/C(=N\NC(=O)c1cc(C)nc2ccccc12)c1ccc(OC(F)F)cc1. The smallest absolute Gasteiger partial charge is 0.387 e. The number of hydrogen-bond donors (Lipinski definition) is 1.